The fraction of sp³-hybridized carbons (Fsp3) is 0.312. The Bertz CT molecular complexity index is 786. The van der Waals surface area contributed by atoms with Gasteiger partial charge in [-0.2, -0.15) is 4.98 Å². The zero-order chi connectivity index (χ0) is 18.4. The molecule has 1 aromatic carbocycles. The Morgan fingerprint density at radius 3 is 2.68 bits per heavy atom. The van der Waals surface area contributed by atoms with E-state index in [1.807, 2.05) is 0 Å². The quantitative estimate of drug-likeness (QED) is 0.699. The molecule has 0 saturated heterocycles. The molecule has 0 fully saturated rings. The van der Waals surface area contributed by atoms with Crippen molar-refractivity contribution in [1.82, 2.24) is 15.5 Å². The summed E-state index contributed by atoms with van der Waals surface area (Å²) in [4.78, 5) is 39.1. The van der Waals surface area contributed by atoms with Crippen LogP contribution in [0.15, 0.2) is 28.8 Å². The van der Waals surface area contributed by atoms with Crippen LogP contribution >= 0.6 is 0 Å². The van der Waals surface area contributed by atoms with E-state index in [-0.39, 0.29) is 12.8 Å². The van der Waals surface area contributed by atoms with Crippen molar-refractivity contribution in [2.75, 3.05) is 7.11 Å². The van der Waals surface area contributed by atoms with Crippen LogP contribution < -0.4 is 11.1 Å². The molecule has 25 heavy (non-hydrogen) atoms. The number of rotatable bonds is 7. The first-order chi connectivity index (χ1) is 11.9. The Labute approximate surface area is 143 Å². The van der Waals surface area contributed by atoms with Crippen LogP contribution in [0.4, 0.5) is 0 Å². The minimum absolute atomic E-state index is 0.158. The molecule has 2 aromatic rings. The largest absolute Gasteiger partial charge is 0.469 e. The summed E-state index contributed by atoms with van der Waals surface area (Å²) < 4.78 is 9.48. The van der Waals surface area contributed by atoms with Crippen molar-refractivity contribution in [3.05, 3.63) is 35.7 Å². The van der Waals surface area contributed by atoms with Crippen molar-refractivity contribution in [3.8, 4) is 11.4 Å². The summed E-state index contributed by atoms with van der Waals surface area (Å²) in [5, 5.41) is 6.41. The fourth-order valence-electron chi connectivity index (χ4n) is 2.19. The molecule has 9 heteroatoms. The maximum Gasteiger partial charge on any atom is 0.307 e. The number of hydrogen-bond acceptors (Lipinski definition) is 7. The molecule has 0 bridgehead atoms. The van der Waals surface area contributed by atoms with E-state index < -0.39 is 23.8 Å². The van der Waals surface area contributed by atoms with Gasteiger partial charge in [-0.3, -0.25) is 14.4 Å². The number of aromatic nitrogens is 2. The fourth-order valence-corrected chi connectivity index (χ4v) is 2.19. The van der Waals surface area contributed by atoms with Crippen molar-refractivity contribution in [2.24, 2.45) is 5.73 Å². The number of carbonyl (C=O) groups is 3. The highest BCUT2D eigenvalue weighted by molar-refractivity contribution is 5.96. The predicted octanol–water partition coefficient (Wildman–Crippen LogP) is 0.582. The Morgan fingerprint density at radius 1 is 1.32 bits per heavy atom. The van der Waals surface area contributed by atoms with E-state index in [9.17, 15) is 14.4 Å². The van der Waals surface area contributed by atoms with Gasteiger partial charge < -0.3 is 20.3 Å². The minimum Gasteiger partial charge on any atom is -0.469 e. The average Bonchev–Trinajstić information content (AvgIpc) is 3.00. The van der Waals surface area contributed by atoms with Gasteiger partial charge in [0.2, 0.25) is 17.6 Å². The molecule has 1 unspecified atom stereocenters. The number of nitrogens with zero attached hydrogens (tertiary/aromatic N) is 2. The number of benzene rings is 1. The van der Waals surface area contributed by atoms with Gasteiger partial charge in [-0.1, -0.05) is 17.3 Å². The zero-order valence-corrected chi connectivity index (χ0v) is 13.8. The third kappa shape index (κ3) is 5.13. The van der Waals surface area contributed by atoms with Gasteiger partial charge in [0.1, 0.15) is 0 Å². The Balaban J connectivity index is 2.15. The third-order valence-corrected chi connectivity index (χ3v) is 3.33. The second kappa shape index (κ2) is 8.04. The maximum atomic E-state index is 12.4. The average molecular weight is 346 g/mol. The van der Waals surface area contributed by atoms with E-state index in [1.165, 1.54) is 7.11 Å². The van der Waals surface area contributed by atoms with E-state index in [0.717, 1.165) is 0 Å². The smallest absolute Gasteiger partial charge is 0.307 e. The summed E-state index contributed by atoms with van der Waals surface area (Å²) in [6.45, 7) is 1.66. The monoisotopic (exact) mass is 346 g/mol. The van der Waals surface area contributed by atoms with E-state index >= 15 is 0 Å². The van der Waals surface area contributed by atoms with Gasteiger partial charge in [0, 0.05) is 30.5 Å². The van der Waals surface area contributed by atoms with E-state index in [0.29, 0.717) is 22.8 Å². The first-order valence-corrected chi connectivity index (χ1v) is 7.45. The van der Waals surface area contributed by atoms with Crippen molar-refractivity contribution >= 4 is 17.8 Å². The Morgan fingerprint density at radius 2 is 2.08 bits per heavy atom. The highest BCUT2D eigenvalue weighted by Crippen LogP contribution is 2.17. The molecule has 2 rings (SSSR count). The van der Waals surface area contributed by atoms with Gasteiger partial charge >= 0.3 is 5.97 Å². The number of nitrogens with two attached hydrogens (primary N) is 1. The minimum atomic E-state index is -0.756. The molecule has 0 spiro atoms. The van der Waals surface area contributed by atoms with Crippen LogP contribution in [0.2, 0.25) is 0 Å². The van der Waals surface area contributed by atoms with Crippen LogP contribution in [0, 0.1) is 6.92 Å². The molecule has 1 heterocycles. The lowest BCUT2D eigenvalue weighted by Crippen LogP contribution is -2.39. The molecular formula is C16H18N4O5. The Hall–Kier alpha value is -3.23. The van der Waals surface area contributed by atoms with E-state index in [4.69, 9.17) is 10.3 Å². The second-order valence-electron chi connectivity index (χ2n) is 5.34. The second-order valence-corrected chi connectivity index (χ2v) is 5.34. The van der Waals surface area contributed by atoms with Crippen molar-refractivity contribution in [3.63, 3.8) is 0 Å². The van der Waals surface area contributed by atoms with Gasteiger partial charge in [-0.05, 0) is 12.1 Å². The number of nitrogens with one attached hydrogen (secondary N) is 1. The van der Waals surface area contributed by atoms with E-state index in [1.54, 1.807) is 31.2 Å². The number of hydrogen-bond donors (Lipinski definition) is 2. The first kappa shape index (κ1) is 18.1. The van der Waals surface area contributed by atoms with Crippen molar-refractivity contribution < 1.29 is 23.6 Å². The molecule has 1 atom stereocenters. The summed E-state index contributed by atoms with van der Waals surface area (Å²) in [6, 6.07) is 5.81. The molecule has 132 valence electrons. The number of aryl methyl sites for hydroxylation is 1. The highest BCUT2D eigenvalue weighted by atomic mass is 16.5. The first-order valence-electron chi connectivity index (χ1n) is 7.45. The lowest BCUT2D eigenvalue weighted by atomic mass is 10.1. The van der Waals surface area contributed by atoms with Gasteiger partial charge in [-0.15, -0.1) is 0 Å². The lowest BCUT2D eigenvalue weighted by Gasteiger charge is -2.16. The number of esters is 1. The van der Waals surface area contributed by atoms with Crippen molar-refractivity contribution in [2.45, 2.75) is 25.8 Å². The summed E-state index contributed by atoms with van der Waals surface area (Å²) in [7, 11) is 1.22. The van der Waals surface area contributed by atoms with Crippen molar-refractivity contribution in [1.29, 1.82) is 0 Å². The van der Waals surface area contributed by atoms with Crippen LogP contribution in [0.5, 0.6) is 0 Å². The topological polar surface area (TPSA) is 137 Å². The summed E-state index contributed by atoms with van der Waals surface area (Å²) in [6.07, 6.45) is -0.334. The SMILES string of the molecule is COC(=O)CC(CC(N)=O)NC(=O)c1cccc(-c2noc(C)n2)c1. The molecule has 3 N–H and O–H groups in total. The van der Waals surface area contributed by atoms with Crippen LogP contribution in [0.1, 0.15) is 29.1 Å². The Kier molecular flexibility index (Phi) is 5.83. The summed E-state index contributed by atoms with van der Waals surface area (Å²) >= 11 is 0. The molecule has 0 radical (unpaired) electrons. The van der Waals surface area contributed by atoms with Gasteiger partial charge in [-0.25, -0.2) is 0 Å². The zero-order valence-electron chi connectivity index (χ0n) is 13.8. The van der Waals surface area contributed by atoms with Gasteiger partial charge in [0.05, 0.1) is 13.5 Å². The van der Waals surface area contributed by atoms with Gasteiger partial charge in [0.15, 0.2) is 0 Å². The highest BCUT2D eigenvalue weighted by Gasteiger charge is 2.20. The summed E-state index contributed by atoms with van der Waals surface area (Å²) in [5.74, 6) is -0.884. The van der Waals surface area contributed by atoms with Crippen LogP contribution in [0.3, 0.4) is 0 Å². The van der Waals surface area contributed by atoms with Crippen LogP contribution in [-0.4, -0.2) is 41.1 Å². The molecule has 0 aliphatic carbocycles. The standard InChI is InChI=1S/C16H18N4O5/c1-9-18-15(20-25-9)10-4-3-5-11(6-10)16(23)19-12(7-13(17)21)8-14(22)24-2/h3-6,12H,7-8H2,1-2H3,(H2,17,21)(H,19,23). The number of amides is 2. The molecule has 0 saturated carbocycles. The third-order valence-electron chi connectivity index (χ3n) is 3.33. The molecule has 2 amide bonds. The van der Waals surface area contributed by atoms with E-state index in [2.05, 4.69) is 20.2 Å². The maximum absolute atomic E-state index is 12.4. The molecule has 0 aliphatic heterocycles. The number of primary amides is 1. The lowest BCUT2D eigenvalue weighted by molar-refractivity contribution is -0.141. The molecular weight excluding hydrogens is 328 g/mol. The van der Waals surface area contributed by atoms with Crippen LogP contribution in [-0.2, 0) is 14.3 Å². The van der Waals surface area contributed by atoms with Gasteiger partial charge in [0.25, 0.3) is 5.91 Å². The number of carbonyl (C=O) groups excluding carboxylic acids is 3. The number of methoxy groups -OCH3 is 1. The summed E-state index contributed by atoms with van der Waals surface area (Å²) in [5.41, 5.74) is 6.08. The normalized spacial score (nSPS) is 11.6. The number of ether oxygens (including phenoxy) is 1. The predicted molar refractivity (Wildman–Crippen MR) is 86.2 cm³/mol. The van der Waals surface area contributed by atoms with Crippen LogP contribution in [0.25, 0.3) is 11.4 Å². The molecule has 0 aliphatic rings. The molecule has 9 nitrogen and oxygen atoms in total. The molecule has 1 aromatic heterocycles.